The van der Waals surface area contributed by atoms with E-state index in [0.717, 1.165) is 0 Å². The third kappa shape index (κ3) is 16.3. The molecule has 0 aromatic carbocycles. The summed E-state index contributed by atoms with van der Waals surface area (Å²) in [6, 6.07) is 0. The fourth-order valence-corrected chi connectivity index (χ4v) is 0. The largest absolute Gasteiger partial charge is 2.00 e. The van der Waals surface area contributed by atoms with Crippen LogP contribution in [0.25, 0.3) is 0 Å². The first-order valence-corrected chi connectivity index (χ1v) is 0.816. The fraction of sp³-hybridized carbons (Fsp3) is 0.500. The molecule has 0 aromatic rings. The molecular formula is C2H3CoO2+. The molecule has 0 aliphatic rings. The summed E-state index contributed by atoms with van der Waals surface area (Å²) in [6.45, 7) is 1.18. The second-order valence-corrected chi connectivity index (χ2v) is 0.287. The summed E-state index contributed by atoms with van der Waals surface area (Å²) in [5.74, 6) is 0. The zero-order valence-corrected chi connectivity index (χ0v) is 3.69. The van der Waals surface area contributed by atoms with Gasteiger partial charge in [0, 0.05) is 7.11 Å². The zero-order valence-electron chi connectivity index (χ0n) is 2.65. The van der Waals surface area contributed by atoms with Crippen molar-refractivity contribution in [1.29, 1.82) is 0 Å². The summed E-state index contributed by atoms with van der Waals surface area (Å²) in [7, 11) is 1.26. The maximum absolute atomic E-state index is 8.83. The Hall–Kier alpha value is -0.0235. The third-order valence-corrected chi connectivity index (χ3v) is 0.0833. The molecule has 0 N–H and O–H groups in total. The van der Waals surface area contributed by atoms with Crippen molar-refractivity contribution in [3.05, 3.63) is 0 Å². The van der Waals surface area contributed by atoms with E-state index < -0.39 is 0 Å². The van der Waals surface area contributed by atoms with Gasteiger partial charge in [0.2, 0.25) is 0 Å². The molecular weight excluding hydrogens is 115 g/mol. The molecule has 0 rings (SSSR count). The van der Waals surface area contributed by atoms with Gasteiger partial charge in [0.25, 0.3) is 0 Å². The Morgan fingerprint density at radius 3 is 2.00 bits per heavy atom. The summed E-state index contributed by atoms with van der Waals surface area (Å²) in [5.41, 5.74) is 0. The number of rotatable bonds is 1. The van der Waals surface area contributed by atoms with Crippen molar-refractivity contribution in [3.63, 3.8) is 0 Å². The van der Waals surface area contributed by atoms with Crippen LogP contribution >= 0.6 is 0 Å². The van der Waals surface area contributed by atoms with E-state index in [4.69, 9.17) is 4.79 Å². The summed E-state index contributed by atoms with van der Waals surface area (Å²) in [6.07, 6.45) is 0. The number of hydrogen-bond acceptors (Lipinski definition) is 2. The van der Waals surface area contributed by atoms with E-state index in [2.05, 4.69) is 4.74 Å². The van der Waals surface area contributed by atoms with Crippen LogP contribution in [-0.2, 0) is 26.3 Å². The number of hydrogen-bond donors (Lipinski definition) is 0. The smallest absolute Gasteiger partial charge is 0.655 e. The maximum Gasteiger partial charge on any atom is 2.00 e. The molecule has 5 heavy (non-hydrogen) atoms. The van der Waals surface area contributed by atoms with E-state index in [0.29, 0.717) is 0 Å². The topological polar surface area (TPSA) is 26.3 Å². The normalized spacial score (nSPS) is 4.20. The predicted molar refractivity (Wildman–Crippen MR) is 12.7 cm³/mol. The second-order valence-electron chi connectivity index (χ2n) is 0.287. The van der Waals surface area contributed by atoms with Crippen molar-refractivity contribution in [2.75, 3.05) is 7.11 Å². The van der Waals surface area contributed by atoms with E-state index in [1.54, 1.807) is 0 Å². The molecule has 0 saturated carbocycles. The van der Waals surface area contributed by atoms with Crippen molar-refractivity contribution in [1.82, 2.24) is 0 Å². The molecule has 0 spiro atoms. The van der Waals surface area contributed by atoms with E-state index in [-0.39, 0.29) is 16.8 Å². The first-order chi connectivity index (χ1) is 1.91. The summed E-state index contributed by atoms with van der Waals surface area (Å²) in [5, 5.41) is 0. The Labute approximate surface area is 40.7 Å². The van der Waals surface area contributed by atoms with Gasteiger partial charge in [-0.15, -0.1) is 0 Å². The minimum absolute atomic E-state index is 0. The van der Waals surface area contributed by atoms with Crippen LogP contribution in [0.15, 0.2) is 0 Å². The van der Waals surface area contributed by atoms with Crippen molar-refractivity contribution in [2.24, 2.45) is 0 Å². The Morgan fingerprint density at radius 2 is 2.00 bits per heavy atom. The van der Waals surface area contributed by atoms with Gasteiger partial charge < -0.3 is 9.53 Å². The van der Waals surface area contributed by atoms with Gasteiger partial charge in [-0.05, 0) is 0 Å². The molecule has 31 valence electrons. The molecule has 0 amide bonds. The quantitative estimate of drug-likeness (QED) is 0.441. The second kappa shape index (κ2) is 9.02. The summed E-state index contributed by atoms with van der Waals surface area (Å²) in [4.78, 5) is 8.83. The molecule has 0 unspecified atom stereocenters. The van der Waals surface area contributed by atoms with Crippen molar-refractivity contribution < 1.29 is 26.3 Å². The van der Waals surface area contributed by atoms with Crippen molar-refractivity contribution in [2.45, 2.75) is 0 Å². The van der Waals surface area contributed by atoms with Crippen LogP contribution < -0.4 is 0 Å². The van der Waals surface area contributed by atoms with Gasteiger partial charge in [-0.3, -0.25) is 0 Å². The van der Waals surface area contributed by atoms with Gasteiger partial charge in [-0.1, -0.05) is 6.47 Å². The average molecular weight is 118 g/mol. The molecule has 0 atom stereocenters. The Balaban J connectivity index is 0. The molecule has 0 heterocycles. The standard InChI is InChI=1S/C2H3O2.Co/c1-4-2-3;/h1H3;/q-1;+2. The van der Waals surface area contributed by atoms with Crippen molar-refractivity contribution >= 4 is 6.47 Å². The SMILES string of the molecule is CO[C-]=O.[Co+2]. The van der Waals surface area contributed by atoms with Crippen LogP contribution in [0.2, 0.25) is 0 Å². The molecule has 0 aromatic heterocycles. The van der Waals surface area contributed by atoms with Crippen LogP contribution in [0, 0.1) is 0 Å². The Kier molecular flexibility index (Phi) is 16.0. The zero-order chi connectivity index (χ0) is 3.41. The van der Waals surface area contributed by atoms with E-state index >= 15 is 0 Å². The van der Waals surface area contributed by atoms with Gasteiger partial charge in [-0.2, -0.15) is 0 Å². The first kappa shape index (κ1) is 8.88. The minimum Gasteiger partial charge on any atom is -0.655 e. The molecule has 0 aliphatic heterocycles. The van der Waals surface area contributed by atoms with Gasteiger partial charge in [-0.25, -0.2) is 0 Å². The average Bonchev–Trinajstić information content (AvgIpc) is 1.37. The van der Waals surface area contributed by atoms with Crippen LogP contribution in [0.4, 0.5) is 0 Å². The van der Waals surface area contributed by atoms with E-state index in [1.165, 1.54) is 13.6 Å². The van der Waals surface area contributed by atoms with Crippen LogP contribution in [-0.4, -0.2) is 13.6 Å². The monoisotopic (exact) mass is 118 g/mol. The Morgan fingerprint density at radius 1 is 1.80 bits per heavy atom. The molecule has 3 heteroatoms. The van der Waals surface area contributed by atoms with Crippen LogP contribution in [0.5, 0.6) is 0 Å². The molecule has 0 aliphatic carbocycles. The van der Waals surface area contributed by atoms with Gasteiger partial charge >= 0.3 is 16.8 Å². The maximum atomic E-state index is 8.83. The van der Waals surface area contributed by atoms with Crippen LogP contribution in [0.1, 0.15) is 0 Å². The van der Waals surface area contributed by atoms with E-state index in [9.17, 15) is 0 Å². The Bertz CT molecular complexity index is 21.6. The number of carbonyl (C=O) groups excluding carboxylic acids is 1. The predicted octanol–water partition coefficient (Wildman–Crippen LogP) is -0.302. The first-order valence-electron chi connectivity index (χ1n) is 0.816. The summed E-state index contributed by atoms with van der Waals surface area (Å²) < 4.78 is 3.74. The van der Waals surface area contributed by atoms with Crippen LogP contribution in [0.3, 0.4) is 0 Å². The summed E-state index contributed by atoms with van der Waals surface area (Å²) >= 11 is 0. The molecule has 1 radical (unpaired) electrons. The number of ether oxygens (including phenoxy) is 1. The fourth-order valence-electron chi connectivity index (χ4n) is 0. The van der Waals surface area contributed by atoms with Gasteiger partial charge in [0.1, 0.15) is 0 Å². The van der Waals surface area contributed by atoms with Crippen molar-refractivity contribution in [3.8, 4) is 0 Å². The van der Waals surface area contributed by atoms with E-state index in [1.807, 2.05) is 0 Å². The third-order valence-electron chi connectivity index (χ3n) is 0.0833. The minimum atomic E-state index is 0. The number of methoxy groups -OCH3 is 1. The molecule has 2 nitrogen and oxygen atoms in total. The molecule has 0 saturated heterocycles. The molecule has 0 bridgehead atoms. The van der Waals surface area contributed by atoms with Gasteiger partial charge in [0.15, 0.2) is 0 Å². The van der Waals surface area contributed by atoms with Gasteiger partial charge in [0.05, 0.1) is 0 Å². The molecule has 0 fully saturated rings.